The van der Waals surface area contributed by atoms with Crippen molar-refractivity contribution in [3.63, 3.8) is 0 Å². The van der Waals surface area contributed by atoms with Crippen LogP contribution in [0.4, 0.5) is 10.5 Å². The molecule has 2 amide bonds. The molecular weight excluding hydrogens is 272 g/mol. The molecule has 0 fully saturated rings. The van der Waals surface area contributed by atoms with Gasteiger partial charge < -0.3 is 20.5 Å². The molecule has 0 saturated heterocycles. The van der Waals surface area contributed by atoms with Crippen LogP contribution in [0, 0.1) is 12.8 Å². The molecule has 21 heavy (non-hydrogen) atoms. The third-order valence-electron chi connectivity index (χ3n) is 3.40. The predicted octanol–water partition coefficient (Wildman–Crippen LogP) is 2.15. The fourth-order valence-corrected chi connectivity index (χ4v) is 2.22. The van der Waals surface area contributed by atoms with Gasteiger partial charge in [0.15, 0.2) is 0 Å². The number of nitrogens with one attached hydrogen (secondary N) is 2. The van der Waals surface area contributed by atoms with E-state index in [-0.39, 0.29) is 12.1 Å². The molecule has 2 atom stereocenters. The fourth-order valence-electron chi connectivity index (χ4n) is 2.22. The second-order valence-corrected chi connectivity index (χ2v) is 4.95. The van der Waals surface area contributed by atoms with Crippen LogP contribution in [0.3, 0.4) is 0 Å². The number of carbonyl (C=O) groups is 2. The second-order valence-electron chi connectivity index (χ2n) is 4.95. The number of carboxylic acid groups (broad SMARTS) is 1. The number of aryl methyl sites for hydroxylation is 1. The number of amides is 2. The third kappa shape index (κ3) is 3.75. The van der Waals surface area contributed by atoms with Crippen molar-refractivity contribution in [3.05, 3.63) is 35.9 Å². The van der Waals surface area contributed by atoms with E-state index in [4.69, 9.17) is 9.84 Å². The minimum Gasteiger partial charge on any atom is -0.497 e. The van der Waals surface area contributed by atoms with Gasteiger partial charge in [0, 0.05) is 5.69 Å². The van der Waals surface area contributed by atoms with Crippen molar-refractivity contribution in [3.8, 4) is 5.75 Å². The third-order valence-corrected chi connectivity index (χ3v) is 3.40. The Kier molecular flexibility index (Phi) is 4.47. The minimum atomic E-state index is -0.873. The van der Waals surface area contributed by atoms with Crippen LogP contribution in [-0.4, -0.2) is 30.3 Å². The Hall–Kier alpha value is -2.50. The summed E-state index contributed by atoms with van der Waals surface area (Å²) in [4.78, 5) is 22.8. The molecular formula is C15H18N2O4. The van der Waals surface area contributed by atoms with Crippen molar-refractivity contribution >= 4 is 17.7 Å². The largest absolute Gasteiger partial charge is 0.497 e. The minimum absolute atomic E-state index is 0.260. The van der Waals surface area contributed by atoms with E-state index in [1.165, 1.54) is 0 Å². The van der Waals surface area contributed by atoms with Gasteiger partial charge in [-0.1, -0.05) is 12.2 Å². The maximum Gasteiger partial charge on any atom is 0.319 e. The first-order valence-electron chi connectivity index (χ1n) is 6.63. The van der Waals surface area contributed by atoms with Gasteiger partial charge in [-0.3, -0.25) is 4.79 Å². The number of benzene rings is 1. The monoisotopic (exact) mass is 290 g/mol. The van der Waals surface area contributed by atoms with Crippen LogP contribution in [0.25, 0.3) is 0 Å². The zero-order valence-corrected chi connectivity index (χ0v) is 11.9. The molecule has 2 unspecified atom stereocenters. The first-order valence-corrected chi connectivity index (χ1v) is 6.63. The average molecular weight is 290 g/mol. The maximum absolute atomic E-state index is 11.9. The van der Waals surface area contributed by atoms with Gasteiger partial charge in [-0.2, -0.15) is 0 Å². The van der Waals surface area contributed by atoms with Crippen molar-refractivity contribution in [2.75, 3.05) is 12.4 Å². The molecule has 0 aliphatic heterocycles. The number of carboxylic acids is 1. The summed E-state index contributed by atoms with van der Waals surface area (Å²) < 4.78 is 5.10. The molecule has 0 radical (unpaired) electrons. The van der Waals surface area contributed by atoms with Gasteiger partial charge in [0.2, 0.25) is 0 Å². The summed E-state index contributed by atoms with van der Waals surface area (Å²) in [5.41, 5.74) is 1.57. The van der Waals surface area contributed by atoms with E-state index in [2.05, 4.69) is 10.6 Å². The molecule has 0 saturated carbocycles. The van der Waals surface area contributed by atoms with Crippen molar-refractivity contribution in [1.29, 1.82) is 0 Å². The fraction of sp³-hybridized carbons (Fsp3) is 0.333. The highest BCUT2D eigenvalue weighted by Crippen LogP contribution is 2.21. The maximum atomic E-state index is 11.9. The van der Waals surface area contributed by atoms with Gasteiger partial charge in [0.05, 0.1) is 19.1 Å². The number of anilines is 1. The van der Waals surface area contributed by atoms with Gasteiger partial charge in [0.1, 0.15) is 5.75 Å². The molecule has 6 nitrogen and oxygen atoms in total. The quantitative estimate of drug-likeness (QED) is 0.741. The average Bonchev–Trinajstić information content (AvgIpc) is 2.89. The van der Waals surface area contributed by atoms with Crippen LogP contribution < -0.4 is 15.4 Å². The molecule has 0 spiro atoms. The lowest BCUT2D eigenvalue weighted by atomic mass is 10.1. The Bertz CT molecular complexity index is 583. The van der Waals surface area contributed by atoms with Crippen LogP contribution >= 0.6 is 0 Å². The molecule has 1 aromatic carbocycles. The van der Waals surface area contributed by atoms with E-state index in [9.17, 15) is 9.59 Å². The summed E-state index contributed by atoms with van der Waals surface area (Å²) in [5.74, 6) is -0.679. The summed E-state index contributed by atoms with van der Waals surface area (Å²) in [6.07, 6.45) is 3.69. The number of hydrogen-bond acceptors (Lipinski definition) is 3. The molecule has 0 aromatic heterocycles. The van der Waals surface area contributed by atoms with Crippen LogP contribution in [0.1, 0.15) is 12.0 Å². The van der Waals surface area contributed by atoms with Crippen LogP contribution in [-0.2, 0) is 4.79 Å². The topological polar surface area (TPSA) is 87.7 Å². The Balaban J connectivity index is 1.91. The molecule has 6 heteroatoms. The van der Waals surface area contributed by atoms with E-state index in [0.29, 0.717) is 12.1 Å². The highest BCUT2D eigenvalue weighted by Gasteiger charge is 2.25. The van der Waals surface area contributed by atoms with Crippen LogP contribution in [0.15, 0.2) is 30.4 Å². The first kappa shape index (κ1) is 14.9. The van der Waals surface area contributed by atoms with Gasteiger partial charge in [-0.15, -0.1) is 0 Å². The Labute approximate surface area is 122 Å². The zero-order valence-electron chi connectivity index (χ0n) is 11.9. The van der Waals surface area contributed by atoms with Gasteiger partial charge in [-0.05, 0) is 37.1 Å². The van der Waals surface area contributed by atoms with E-state index in [0.717, 1.165) is 11.3 Å². The van der Waals surface area contributed by atoms with E-state index in [1.54, 1.807) is 31.4 Å². The SMILES string of the molecule is COc1ccc(NC(=O)NC2C=CC(C(=O)O)C2)c(C)c1. The first-order chi connectivity index (χ1) is 9.99. The van der Waals surface area contributed by atoms with Gasteiger partial charge in [-0.25, -0.2) is 4.79 Å². The summed E-state index contributed by atoms with van der Waals surface area (Å²) in [6, 6.07) is 4.73. The van der Waals surface area contributed by atoms with Crippen molar-refractivity contribution < 1.29 is 19.4 Å². The summed E-state index contributed by atoms with van der Waals surface area (Å²) in [6.45, 7) is 1.87. The summed E-state index contributed by atoms with van der Waals surface area (Å²) in [7, 11) is 1.58. The molecule has 112 valence electrons. The summed E-state index contributed by atoms with van der Waals surface area (Å²) in [5, 5.41) is 14.4. The Morgan fingerprint density at radius 1 is 1.33 bits per heavy atom. The lowest BCUT2D eigenvalue weighted by Gasteiger charge is -2.14. The van der Waals surface area contributed by atoms with Crippen LogP contribution in [0.5, 0.6) is 5.75 Å². The molecule has 2 rings (SSSR count). The number of methoxy groups -OCH3 is 1. The van der Waals surface area contributed by atoms with Gasteiger partial charge in [0.25, 0.3) is 0 Å². The lowest BCUT2D eigenvalue weighted by molar-refractivity contribution is -0.140. The molecule has 0 heterocycles. The predicted molar refractivity (Wildman–Crippen MR) is 78.6 cm³/mol. The molecule has 1 aromatic rings. The standard InChI is InChI=1S/C15H18N2O4/c1-9-7-12(21-2)5-6-13(9)17-15(20)16-11-4-3-10(8-11)14(18)19/h3-7,10-11H,8H2,1-2H3,(H,18,19)(H2,16,17,20). The highest BCUT2D eigenvalue weighted by atomic mass is 16.5. The number of hydrogen-bond donors (Lipinski definition) is 3. The van der Waals surface area contributed by atoms with Crippen molar-refractivity contribution in [1.82, 2.24) is 5.32 Å². The smallest absolute Gasteiger partial charge is 0.319 e. The molecule has 0 bridgehead atoms. The van der Waals surface area contributed by atoms with Gasteiger partial charge >= 0.3 is 12.0 Å². The summed E-state index contributed by atoms with van der Waals surface area (Å²) >= 11 is 0. The highest BCUT2D eigenvalue weighted by molar-refractivity contribution is 5.90. The number of rotatable bonds is 4. The van der Waals surface area contributed by atoms with E-state index in [1.807, 2.05) is 13.0 Å². The zero-order chi connectivity index (χ0) is 15.4. The molecule has 3 N–H and O–H groups in total. The lowest BCUT2D eigenvalue weighted by Crippen LogP contribution is -2.36. The normalized spacial score (nSPS) is 20.1. The Morgan fingerprint density at radius 2 is 2.10 bits per heavy atom. The van der Waals surface area contributed by atoms with Crippen LogP contribution in [0.2, 0.25) is 0 Å². The molecule has 1 aliphatic rings. The number of urea groups is 1. The van der Waals surface area contributed by atoms with Crippen molar-refractivity contribution in [2.45, 2.75) is 19.4 Å². The Morgan fingerprint density at radius 3 is 2.67 bits per heavy atom. The second kappa shape index (κ2) is 6.30. The number of carbonyl (C=O) groups excluding carboxylic acids is 1. The van der Waals surface area contributed by atoms with E-state index < -0.39 is 11.9 Å². The van der Waals surface area contributed by atoms with E-state index >= 15 is 0 Å². The number of ether oxygens (including phenoxy) is 1. The van der Waals surface area contributed by atoms with Crippen molar-refractivity contribution in [2.24, 2.45) is 5.92 Å². The number of aliphatic carboxylic acids is 1. The molecule has 1 aliphatic carbocycles.